The molecule has 0 spiro atoms. The zero-order valence-electron chi connectivity index (χ0n) is 37.9. The zero-order chi connectivity index (χ0) is 45.1. The summed E-state index contributed by atoms with van der Waals surface area (Å²) >= 11 is 0. The van der Waals surface area contributed by atoms with Crippen molar-refractivity contribution in [3.05, 3.63) is 60.8 Å². The van der Waals surface area contributed by atoms with E-state index in [2.05, 4.69) is 30.5 Å². The van der Waals surface area contributed by atoms with Crippen LogP contribution in [0.25, 0.3) is 0 Å². The summed E-state index contributed by atoms with van der Waals surface area (Å²) in [6, 6.07) is -1.54. The smallest absolute Gasteiger partial charge is 0.472 e. The van der Waals surface area contributed by atoms with Gasteiger partial charge in [0.15, 0.2) is 6.10 Å². The number of carboxylic acid groups (broad SMARTS) is 1. The molecule has 0 radical (unpaired) electrons. The predicted octanol–water partition coefficient (Wildman–Crippen LogP) is 11.7. The molecule has 0 aromatic carbocycles. The molecule has 0 fully saturated rings. The number of phosphoric ester groups is 1. The van der Waals surface area contributed by atoms with Crippen molar-refractivity contribution in [3.8, 4) is 0 Å². The first-order valence-corrected chi connectivity index (χ1v) is 24.9. The molecule has 13 heteroatoms. The summed E-state index contributed by atoms with van der Waals surface area (Å²) in [5.41, 5.74) is 5.33. The lowest BCUT2D eigenvalue weighted by Gasteiger charge is -2.20. The van der Waals surface area contributed by atoms with Crippen LogP contribution in [-0.2, 0) is 37.5 Å². The minimum atomic E-state index is -4.75. The third-order valence-electron chi connectivity index (χ3n) is 9.86. The highest BCUT2D eigenvalue weighted by molar-refractivity contribution is 7.47. The molecule has 2 unspecified atom stereocenters. The summed E-state index contributed by atoms with van der Waals surface area (Å²) in [5.74, 6) is -2.50. The van der Waals surface area contributed by atoms with E-state index in [4.69, 9.17) is 24.8 Å². The molecule has 12 nitrogen and oxygen atoms in total. The first-order chi connectivity index (χ1) is 29.5. The maximum atomic E-state index is 12.7. The van der Waals surface area contributed by atoms with Crippen LogP contribution < -0.4 is 5.73 Å². The third kappa shape index (κ3) is 42.2. The molecule has 352 valence electrons. The number of esters is 2. The first-order valence-electron chi connectivity index (χ1n) is 23.4. The number of unbranched alkanes of at least 4 members (excludes halogenated alkanes) is 19. The fourth-order valence-corrected chi connectivity index (χ4v) is 6.96. The summed E-state index contributed by atoms with van der Waals surface area (Å²) in [6.45, 7) is 2.56. The predicted molar refractivity (Wildman–Crippen MR) is 246 cm³/mol. The maximum absolute atomic E-state index is 12.7. The molecule has 0 aliphatic carbocycles. The van der Waals surface area contributed by atoms with Gasteiger partial charge < -0.3 is 30.3 Å². The summed E-state index contributed by atoms with van der Waals surface area (Å²) < 4.78 is 32.7. The average molecular weight is 882 g/mol. The quantitative estimate of drug-likeness (QED) is 0.0149. The first kappa shape index (κ1) is 58.1. The van der Waals surface area contributed by atoms with Gasteiger partial charge in [-0.2, -0.15) is 0 Å². The molecule has 0 bridgehead atoms. The molecular weight excluding hydrogens is 797 g/mol. The van der Waals surface area contributed by atoms with Crippen LogP contribution in [0, 0.1) is 0 Å². The molecule has 0 saturated heterocycles. The van der Waals surface area contributed by atoms with E-state index < -0.39 is 63.8 Å². The number of aliphatic carboxylic acids is 1. The number of hydrogen-bond acceptors (Lipinski definition) is 10. The van der Waals surface area contributed by atoms with Gasteiger partial charge in [-0.05, 0) is 44.9 Å². The summed E-state index contributed by atoms with van der Waals surface area (Å²) in [4.78, 5) is 46.0. The molecule has 61 heavy (non-hydrogen) atoms. The minimum absolute atomic E-state index is 0.111. The number of carbonyl (C=O) groups is 3. The van der Waals surface area contributed by atoms with Crippen LogP contribution in [0.1, 0.15) is 187 Å². The van der Waals surface area contributed by atoms with Crippen molar-refractivity contribution in [3.63, 3.8) is 0 Å². The number of ether oxygens (including phenoxy) is 2. The van der Waals surface area contributed by atoms with Gasteiger partial charge in [-0.1, -0.05) is 190 Å². The number of rotatable bonds is 43. The molecule has 0 saturated carbocycles. The molecule has 0 aromatic rings. The maximum Gasteiger partial charge on any atom is 0.472 e. The lowest BCUT2D eigenvalue weighted by atomic mass is 10.0. The van der Waals surface area contributed by atoms with Crippen LogP contribution in [0.3, 0.4) is 0 Å². The van der Waals surface area contributed by atoms with Gasteiger partial charge in [-0.3, -0.25) is 23.4 Å². The van der Waals surface area contributed by atoms with Crippen LogP contribution in [0.4, 0.5) is 0 Å². The Bertz CT molecular complexity index is 1280. The van der Waals surface area contributed by atoms with Crippen molar-refractivity contribution in [1.82, 2.24) is 0 Å². The summed E-state index contributed by atoms with van der Waals surface area (Å²) in [7, 11) is -4.75. The minimum Gasteiger partial charge on any atom is -0.480 e. The van der Waals surface area contributed by atoms with Crippen molar-refractivity contribution in [1.29, 1.82) is 0 Å². The van der Waals surface area contributed by atoms with E-state index in [0.717, 1.165) is 32.1 Å². The van der Waals surface area contributed by atoms with Crippen LogP contribution in [0.15, 0.2) is 60.8 Å². The van der Waals surface area contributed by atoms with Gasteiger partial charge in [0.25, 0.3) is 0 Å². The molecule has 0 amide bonds. The Morgan fingerprint density at radius 1 is 0.607 bits per heavy atom. The van der Waals surface area contributed by atoms with Crippen molar-refractivity contribution >= 4 is 25.7 Å². The largest absolute Gasteiger partial charge is 0.480 e. The zero-order valence-corrected chi connectivity index (χ0v) is 38.7. The molecular formula is C48H84NO11P. The molecule has 0 aromatic heterocycles. The molecule has 5 N–H and O–H groups in total. The van der Waals surface area contributed by atoms with Crippen molar-refractivity contribution < 1.29 is 52.6 Å². The Labute approximate surface area is 369 Å². The second kappa shape index (κ2) is 42.4. The second-order valence-corrected chi connectivity index (χ2v) is 17.2. The molecule has 0 rings (SSSR count). The van der Waals surface area contributed by atoms with Gasteiger partial charge in [-0.15, -0.1) is 0 Å². The monoisotopic (exact) mass is 882 g/mol. The van der Waals surface area contributed by atoms with Crippen LogP contribution >= 0.6 is 7.82 Å². The SMILES string of the molecule is CC/C=C\C/C=C\CC(O)/C=C/C=C\C/C=C\CCCC(=O)OC[C@H](COP(=O)(O)OC[C@H](N)C(=O)O)OC(=O)CCCCCCCCCCCCCCCCCCCCC. The van der Waals surface area contributed by atoms with Crippen molar-refractivity contribution in [2.45, 2.75) is 205 Å². The van der Waals surface area contributed by atoms with E-state index in [0.29, 0.717) is 32.1 Å². The van der Waals surface area contributed by atoms with Gasteiger partial charge in [0.1, 0.15) is 12.6 Å². The van der Waals surface area contributed by atoms with E-state index >= 15 is 0 Å². The third-order valence-corrected chi connectivity index (χ3v) is 10.8. The highest BCUT2D eigenvalue weighted by atomic mass is 31.2. The number of aliphatic hydroxyl groups excluding tert-OH is 1. The van der Waals surface area contributed by atoms with Gasteiger partial charge >= 0.3 is 25.7 Å². The van der Waals surface area contributed by atoms with Crippen LogP contribution in [0.5, 0.6) is 0 Å². The highest BCUT2D eigenvalue weighted by Gasteiger charge is 2.28. The Balaban J connectivity index is 4.44. The van der Waals surface area contributed by atoms with E-state index in [1.807, 2.05) is 42.5 Å². The van der Waals surface area contributed by atoms with Gasteiger partial charge in [0, 0.05) is 12.8 Å². The van der Waals surface area contributed by atoms with Gasteiger partial charge in [0.05, 0.1) is 19.3 Å². The van der Waals surface area contributed by atoms with Gasteiger partial charge in [0.2, 0.25) is 0 Å². The fourth-order valence-electron chi connectivity index (χ4n) is 6.19. The fraction of sp³-hybridized carbons (Fsp3) is 0.729. The normalized spacial score (nSPS) is 14.7. The second-order valence-electron chi connectivity index (χ2n) is 15.7. The topological polar surface area (TPSA) is 192 Å². The number of hydrogen-bond donors (Lipinski definition) is 4. The van der Waals surface area contributed by atoms with Crippen molar-refractivity contribution in [2.75, 3.05) is 19.8 Å². The number of nitrogens with two attached hydrogens (primary N) is 1. The molecule has 4 atom stereocenters. The Morgan fingerprint density at radius 2 is 1.11 bits per heavy atom. The number of aliphatic hydroxyl groups is 1. The van der Waals surface area contributed by atoms with Crippen molar-refractivity contribution in [2.24, 2.45) is 5.73 Å². The van der Waals surface area contributed by atoms with E-state index in [-0.39, 0.29) is 12.8 Å². The highest BCUT2D eigenvalue weighted by Crippen LogP contribution is 2.43. The number of phosphoric acid groups is 1. The Kier molecular flexibility index (Phi) is 40.5. The lowest BCUT2D eigenvalue weighted by Crippen LogP contribution is -2.34. The Morgan fingerprint density at radius 3 is 1.69 bits per heavy atom. The van der Waals surface area contributed by atoms with E-state index in [1.54, 1.807) is 6.08 Å². The number of carbonyl (C=O) groups excluding carboxylic acids is 2. The number of carboxylic acids is 1. The van der Waals surface area contributed by atoms with E-state index in [1.165, 1.54) is 96.3 Å². The summed E-state index contributed by atoms with van der Waals surface area (Å²) in [6.07, 6.45) is 46.1. The standard InChI is InChI=1S/C48H84NO11P/c1-3-5-7-9-11-12-13-14-15-16-17-18-19-20-21-22-27-31-35-39-47(52)60-44(41-58-61(55,56)59-42-45(49)48(53)54)40-57-46(51)38-34-30-26-24-23-25-29-33-37-43(50)36-32-28-10-8-6-4-2/h6,8,24-26,28-29,32-33,37,43-45,50H,3-5,7,9-23,27,30-31,34-36,38-42,49H2,1-2H3,(H,53,54)(H,55,56)/b8-6-,26-24-,29-25-,32-28-,37-33+/t43?,44-,45+/m1/s1. The van der Waals surface area contributed by atoms with Gasteiger partial charge in [-0.25, -0.2) is 4.57 Å². The Hall–Kier alpha value is -2.86. The lowest BCUT2D eigenvalue weighted by molar-refractivity contribution is -0.161. The van der Waals surface area contributed by atoms with Crippen LogP contribution in [-0.4, -0.2) is 71.1 Å². The molecule has 0 heterocycles. The van der Waals surface area contributed by atoms with Crippen LogP contribution in [0.2, 0.25) is 0 Å². The molecule has 0 aliphatic heterocycles. The summed E-state index contributed by atoms with van der Waals surface area (Å²) in [5, 5.41) is 18.9. The van der Waals surface area contributed by atoms with E-state index in [9.17, 15) is 28.9 Å². The average Bonchev–Trinajstić information content (AvgIpc) is 3.23. The molecule has 0 aliphatic rings. The number of allylic oxidation sites excluding steroid dienone is 8.